The summed E-state index contributed by atoms with van der Waals surface area (Å²) in [5.74, 6) is -1.98. The van der Waals surface area contributed by atoms with Gasteiger partial charge >= 0.3 is 0 Å². The Morgan fingerprint density at radius 1 is 0.767 bits per heavy atom. The van der Waals surface area contributed by atoms with Crippen molar-refractivity contribution in [1.29, 1.82) is 0 Å². The third-order valence-corrected chi connectivity index (χ3v) is 5.31. The van der Waals surface area contributed by atoms with Gasteiger partial charge in [-0.1, -0.05) is 76.9 Å². The highest BCUT2D eigenvalue weighted by molar-refractivity contribution is 5.95. The van der Waals surface area contributed by atoms with Gasteiger partial charge in [-0.05, 0) is 44.2 Å². The van der Waals surface area contributed by atoms with Gasteiger partial charge in [-0.3, -0.25) is 4.79 Å². The summed E-state index contributed by atoms with van der Waals surface area (Å²) in [6, 6.07) is 2.29. The Morgan fingerprint density at radius 2 is 1.23 bits per heavy atom. The van der Waals surface area contributed by atoms with Crippen LogP contribution in [0.15, 0.2) is 24.3 Å². The lowest BCUT2D eigenvalue weighted by Crippen LogP contribution is -2.24. The molecule has 0 fully saturated rings. The molecule has 1 amide bonds. The van der Waals surface area contributed by atoms with E-state index in [9.17, 15) is 20.1 Å². The Hall–Kier alpha value is -2.17. The monoisotopic (exact) mass is 419 g/mol. The maximum atomic E-state index is 12.0. The van der Waals surface area contributed by atoms with Crippen LogP contribution in [0, 0.1) is 0 Å². The fraction of sp³-hybridized carbons (Fsp3) is 0.640. The SMILES string of the molecule is CCCCCCCC/C=C\CCCCCCCCNC(=O)c1cc(O)c(O)c(O)c1. The van der Waals surface area contributed by atoms with Crippen molar-refractivity contribution in [1.82, 2.24) is 5.32 Å². The molecule has 1 aromatic rings. The average molecular weight is 420 g/mol. The number of nitrogens with one attached hydrogen (secondary N) is 1. The first kappa shape index (κ1) is 25.9. The van der Waals surface area contributed by atoms with Gasteiger partial charge in [0.15, 0.2) is 17.2 Å². The predicted octanol–water partition coefficient (Wildman–Crippen LogP) is 6.57. The quantitative estimate of drug-likeness (QED) is 0.131. The third kappa shape index (κ3) is 11.7. The van der Waals surface area contributed by atoms with Gasteiger partial charge < -0.3 is 20.6 Å². The summed E-state index contributed by atoms with van der Waals surface area (Å²) in [5.41, 5.74) is 0.132. The van der Waals surface area contributed by atoms with E-state index in [4.69, 9.17) is 0 Å². The molecule has 0 bridgehead atoms. The zero-order valence-corrected chi connectivity index (χ0v) is 18.7. The Labute approximate surface area is 182 Å². The van der Waals surface area contributed by atoms with Gasteiger partial charge in [0.1, 0.15) is 0 Å². The number of phenolic OH excluding ortho intramolecular Hbond substituents is 3. The first-order valence-corrected chi connectivity index (χ1v) is 11.7. The summed E-state index contributed by atoms with van der Waals surface area (Å²) in [6.07, 6.45) is 22.1. The van der Waals surface area contributed by atoms with Crippen LogP contribution in [-0.4, -0.2) is 27.8 Å². The predicted molar refractivity (Wildman–Crippen MR) is 123 cm³/mol. The number of amides is 1. The highest BCUT2D eigenvalue weighted by Crippen LogP contribution is 2.35. The average Bonchev–Trinajstić information content (AvgIpc) is 2.73. The van der Waals surface area contributed by atoms with Gasteiger partial charge in [-0.15, -0.1) is 0 Å². The fourth-order valence-electron chi connectivity index (χ4n) is 3.41. The largest absolute Gasteiger partial charge is 0.504 e. The van der Waals surface area contributed by atoms with Crippen LogP contribution in [0.1, 0.15) is 107 Å². The second-order valence-electron chi connectivity index (χ2n) is 8.06. The third-order valence-electron chi connectivity index (χ3n) is 5.31. The summed E-state index contributed by atoms with van der Waals surface area (Å²) in [7, 11) is 0. The summed E-state index contributed by atoms with van der Waals surface area (Å²) < 4.78 is 0. The lowest BCUT2D eigenvalue weighted by atomic mass is 10.1. The first-order valence-electron chi connectivity index (χ1n) is 11.7. The molecule has 0 aromatic heterocycles. The van der Waals surface area contributed by atoms with E-state index in [0.29, 0.717) is 6.54 Å². The smallest absolute Gasteiger partial charge is 0.251 e. The standard InChI is InChI=1S/C25H41NO4/c1-2-3-4-5-6-7-8-9-10-11-12-13-14-15-16-17-18-26-25(30)21-19-22(27)24(29)23(28)20-21/h9-10,19-20,27-29H,2-8,11-18H2,1H3,(H,26,30)/b10-9-. The zero-order valence-electron chi connectivity index (χ0n) is 18.7. The molecule has 0 spiro atoms. The number of allylic oxidation sites excluding steroid dienone is 2. The second-order valence-corrected chi connectivity index (χ2v) is 8.06. The fourth-order valence-corrected chi connectivity index (χ4v) is 3.41. The number of hydrogen-bond acceptors (Lipinski definition) is 4. The van der Waals surface area contributed by atoms with Crippen molar-refractivity contribution in [3.05, 3.63) is 29.8 Å². The van der Waals surface area contributed by atoms with E-state index < -0.39 is 17.2 Å². The number of carbonyl (C=O) groups is 1. The Bertz CT molecular complexity index is 605. The molecule has 30 heavy (non-hydrogen) atoms. The van der Waals surface area contributed by atoms with Crippen molar-refractivity contribution in [2.45, 2.75) is 96.8 Å². The topological polar surface area (TPSA) is 89.8 Å². The van der Waals surface area contributed by atoms with E-state index in [0.717, 1.165) is 31.4 Å². The van der Waals surface area contributed by atoms with Gasteiger partial charge in [0, 0.05) is 12.1 Å². The Morgan fingerprint density at radius 3 is 1.77 bits per heavy atom. The van der Waals surface area contributed by atoms with Gasteiger partial charge in [0.05, 0.1) is 0 Å². The maximum absolute atomic E-state index is 12.0. The molecule has 5 nitrogen and oxygen atoms in total. The van der Waals surface area contributed by atoms with Gasteiger partial charge in [-0.25, -0.2) is 0 Å². The number of aromatic hydroxyl groups is 3. The van der Waals surface area contributed by atoms with Gasteiger partial charge in [0.2, 0.25) is 0 Å². The van der Waals surface area contributed by atoms with Crippen LogP contribution in [0.2, 0.25) is 0 Å². The number of benzene rings is 1. The van der Waals surface area contributed by atoms with Crippen LogP contribution in [0.3, 0.4) is 0 Å². The first-order chi connectivity index (χ1) is 14.6. The summed E-state index contributed by atoms with van der Waals surface area (Å²) in [4.78, 5) is 12.0. The molecule has 5 heteroatoms. The Kier molecular flexibility index (Phi) is 14.3. The summed E-state index contributed by atoms with van der Waals surface area (Å²) >= 11 is 0. The molecule has 0 unspecified atom stereocenters. The van der Waals surface area contributed by atoms with Crippen molar-refractivity contribution >= 4 is 5.91 Å². The minimum Gasteiger partial charge on any atom is -0.504 e. The number of unbranched alkanes of at least 4 members (excludes halogenated alkanes) is 12. The molecular weight excluding hydrogens is 378 g/mol. The van der Waals surface area contributed by atoms with Crippen LogP contribution in [0.4, 0.5) is 0 Å². The second kappa shape index (κ2) is 16.6. The van der Waals surface area contributed by atoms with E-state index in [1.165, 1.54) is 70.6 Å². The molecule has 0 aliphatic carbocycles. The number of rotatable bonds is 17. The van der Waals surface area contributed by atoms with E-state index >= 15 is 0 Å². The highest BCUT2D eigenvalue weighted by atomic mass is 16.3. The van der Waals surface area contributed by atoms with Crippen LogP contribution in [-0.2, 0) is 0 Å². The molecule has 0 aliphatic rings. The van der Waals surface area contributed by atoms with Crippen molar-refractivity contribution in [2.75, 3.05) is 6.54 Å². The molecule has 1 rings (SSSR count). The highest BCUT2D eigenvalue weighted by Gasteiger charge is 2.12. The van der Waals surface area contributed by atoms with Crippen LogP contribution in [0.25, 0.3) is 0 Å². The number of hydrogen-bond donors (Lipinski definition) is 4. The molecule has 0 radical (unpaired) electrons. The van der Waals surface area contributed by atoms with E-state index in [-0.39, 0.29) is 11.5 Å². The molecule has 0 heterocycles. The number of phenols is 3. The minimum absolute atomic E-state index is 0.132. The number of carbonyl (C=O) groups excluding carboxylic acids is 1. The zero-order chi connectivity index (χ0) is 22.0. The van der Waals surface area contributed by atoms with E-state index in [1.807, 2.05) is 0 Å². The molecule has 1 aromatic carbocycles. The molecule has 170 valence electrons. The minimum atomic E-state index is -0.611. The van der Waals surface area contributed by atoms with Crippen LogP contribution < -0.4 is 5.32 Å². The van der Waals surface area contributed by atoms with Gasteiger partial charge in [-0.2, -0.15) is 0 Å². The molecule has 0 saturated carbocycles. The van der Waals surface area contributed by atoms with E-state index in [1.54, 1.807) is 0 Å². The van der Waals surface area contributed by atoms with Crippen molar-refractivity contribution in [3.8, 4) is 17.2 Å². The molecule has 0 aliphatic heterocycles. The lowest BCUT2D eigenvalue weighted by molar-refractivity contribution is 0.0952. The van der Waals surface area contributed by atoms with Crippen molar-refractivity contribution < 1.29 is 20.1 Å². The molecule has 0 saturated heterocycles. The summed E-state index contributed by atoms with van der Waals surface area (Å²) in [6.45, 7) is 2.81. The Balaban J connectivity index is 1.93. The molecule has 0 atom stereocenters. The molecular formula is C25H41NO4. The van der Waals surface area contributed by atoms with Crippen molar-refractivity contribution in [3.63, 3.8) is 0 Å². The maximum Gasteiger partial charge on any atom is 0.251 e. The van der Waals surface area contributed by atoms with E-state index in [2.05, 4.69) is 24.4 Å². The van der Waals surface area contributed by atoms with Crippen molar-refractivity contribution in [2.24, 2.45) is 0 Å². The van der Waals surface area contributed by atoms with Gasteiger partial charge in [0.25, 0.3) is 5.91 Å². The van der Waals surface area contributed by atoms with Crippen LogP contribution in [0.5, 0.6) is 17.2 Å². The lowest BCUT2D eigenvalue weighted by Gasteiger charge is -2.07. The van der Waals surface area contributed by atoms with Crippen LogP contribution >= 0.6 is 0 Å². The normalized spacial score (nSPS) is 11.2. The summed E-state index contributed by atoms with van der Waals surface area (Å²) in [5, 5.41) is 31.0. The molecule has 4 N–H and O–H groups in total.